The molecule has 0 unspecified atom stereocenters. The lowest BCUT2D eigenvalue weighted by atomic mass is 10.2. The molecule has 0 radical (unpaired) electrons. The lowest BCUT2D eigenvalue weighted by Gasteiger charge is -2.11. The van der Waals surface area contributed by atoms with Crippen molar-refractivity contribution >= 4 is 11.6 Å². The normalized spacial score (nSPS) is 10.2. The summed E-state index contributed by atoms with van der Waals surface area (Å²) in [5.74, 6) is 0.768. The molecule has 0 saturated heterocycles. The zero-order chi connectivity index (χ0) is 12.3. The van der Waals surface area contributed by atoms with Crippen molar-refractivity contribution in [3.05, 3.63) is 48.0 Å². The second kappa shape index (κ2) is 4.97. The number of para-hydroxylation sites is 3. The Morgan fingerprint density at radius 1 is 0.941 bits per heavy atom. The smallest absolute Gasteiger partial charge is 0.173 e. The Morgan fingerprint density at radius 3 is 2.35 bits per heavy atom. The van der Waals surface area contributed by atoms with Crippen molar-refractivity contribution in [3.63, 3.8) is 0 Å². The van der Waals surface area contributed by atoms with Crippen molar-refractivity contribution in [2.45, 2.75) is 5.88 Å². The third-order valence-electron chi connectivity index (χ3n) is 2.30. The summed E-state index contributed by atoms with van der Waals surface area (Å²) >= 11 is 5.76. The molecule has 0 aromatic heterocycles. The van der Waals surface area contributed by atoms with Gasteiger partial charge in [-0.25, -0.2) is 0 Å². The minimum atomic E-state index is -0.00796. The van der Waals surface area contributed by atoms with Gasteiger partial charge >= 0.3 is 0 Å². The molecule has 0 aliphatic heterocycles. The number of phenolic OH excluding ortho intramolecular Hbond substituents is 2. The summed E-state index contributed by atoms with van der Waals surface area (Å²) in [6.07, 6.45) is 0. The second-order valence-electron chi connectivity index (χ2n) is 3.47. The molecule has 2 aromatic rings. The van der Waals surface area contributed by atoms with Crippen LogP contribution < -0.4 is 4.74 Å². The summed E-state index contributed by atoms with van der Waals surface area (Å²) in [7, 11) is 0. The second-order valence-corrected chi connectivity index (χ2v) is 3.74. The minimum absolute atomic E-state index is 0.00796. The Bertz CT molecular complexity index is 526. The van der Waals surface area contributed by atoms with E-state index in [2.05, 4.69) is 0 Å². The molecule has 88 valence electrons. The first-order valence-electron chi connectivity index (χ1n) is 5.05. The van der Waals surface area contributed by atoms with Gasteiger partial charge in [0.1, 0.15) is 0 Å². The van der Waals surface area contributed by atoms with E-state index in [1.807, 2.05) is 0 Å². The van der Waals surface area contributed by atoms with Crippen molar-refractivity contribution in [3.8, 4) is 23.0 Å². The molecular formula is C13H11ClO3. The molecule has 2 N–H and O–H groups in total. The Balaban J connectivity index is 2.39. The molecule has 0 atom stereocenters. The zero-order valence-corrected chi connectivity index (χ0v) is 9.69. The molecule has 17 heavy (non-hydrogen) atoms. The van der Waals surface area contributed by atoms with Gasteiger partial charge in [0.05, 0.1) is 5.88 Å². The van der Waals surface area contributed by atoms with Gasteiger partial charge in [-0.05, 0) is 18.2 Å². The van der Waals surface area contributed by atoms with Crippen LogP contribution in [0.3, 0.4) is 0 Å². The van der Waals surface area contributed by atoms with Gasteiger partial charge in [-0.1, -0.05) is 24.3 Å². The molecule has 0 saturated carbocycles. The number of aromatic hydroxyl groups is 2. The van der Waals surface area contributed by atoms with E-state index in [9.17, 15) is 10.2 Å². The Hall–Kier alpha value is -1.87. The number of rotatable bonds is 3. The quantitative estimate of drug-likeness (QED) is 0.818. The highest BCUT2D eigenvalue weighted by molar-refractivity contribution is 6.17. The van der Waals surface area contributed by atoms with Gasteiger partial charge in [0, 0.05) is 5.56 Å². The molecule has 0 amide bonds. The number of alkyl halides is 1. The highest BCUT2D eigenvalue weighted by Crippen LogP contribution is 2.38. The van der Waals surface area contributed by atoms with Crippen molar-refractivity contribution in [1.29, 1.82) is 0 Å². The average Bonchev–Trinajstić information content (AvgIpc) is 2.34. The zero-order valence-electron chi connectivity index (χ0n) is 8.93. The molecule has 0 bridgehead atoms. The van der Waals surface area contributed by atoms with E-state index >= 15 is 0 Å². The van der Waals surface area contributed by atoms with E-state index in [4.69, 9.17) is 16.3 Å². The average molecular weight is 251 g/mol. The molecule has 0 fully saturated rings. The van der Waals surface area contributed by atoms with Crippen LogP contribution in [0.15, 0.2) is 42.5 Å². The number of halogens is 1. The summed E-state index contributed by atoms with van der Waals surface area (Å²) in [6.45, 7) is 0. The number of hydrogen-bond acceptors (Lipinski definition) is 3. The van der Waals surface area contributed by atoms with Crippen LogP contribution in [0.4, 0.5) is 0 Å². The van der Waals surface area contributed by atoms with Crippen LogP contribution in [0.5, 0.6) is 23.0 Å². The van der Waals surface area contributed by atoms with E-state index < -0.39 is 0 Å². The molecule has 2 aromatic carbocycles. The molecule has 2 rings (SSSR count). The number of phenols is 2. The molecule has 0 aliphatic rings. The Kier molecular flexibility index (Phi) is 3.40. The first kappa shape index (κ1) is 11.6. The maximum atomic E-state index is 9.71. The van der Waals surface area contributed by atoms with Gasteiger partial charge in [-0.2, -0.15) is 0 Å². The summed E-state index contributed by atoms with van der Waals surface area (Å²) in [6, 6.07) is 11.5. The van der Waals surface area contributed by atoms with Crippen LogP contribution in [-0.2, 0) is 5.88 Å². The summed E-state index contributed by atoms with van der Waals surface area (Å²) in [5, 5.41) is 19.3. The maximum Gasteiger partial charge on any atom is 0.173 e. The van der Waals surface area contributed by atoms with Gasteiger partial charge in [0.2, 0.25) is 0 Å². The van der Waals surface area contributed by atoms with Crippen LogP contribution in [0.25, 0.3) is 0 Å². The van der Waals surface area contributed by atoms with E-state index in [0.29, 0.717) is 5.56 Å². The molecular weight excluding hydrogens is 240 g/mol. The van der Waals surface area contributed by atoms with Crippen molar-refractivity contribution in [1.82, 2.24) is 0 Å². The first-order chi connectivity index (χ1) is 8.22. The van der Waals surface area contributed by atoms with E-state index in [1.165, 1.54) is 12.1 Å². The Morgan fingerprint density at radius 2 is 1.65 bits per heavy atom. The molecule has 0 aliphatic carbocycles. The Labute approximate surface area is 104 Å². The summed E-state index contributed by atoms with van der Waals surface area (Å²) in [5.41, 5.74) is 0.662. The van der Waals surface area contributed by atoms with Crippen molar-refractivity contribution in [2.24, 2.45) is 0 Å². The van der Waals surface area contributed by atoms with Gasteiger partial charge in [-0.3, -0.25) is 0 Å². The van der Waals surface area contributed by atoms with Gasteiger partial charge in [0.15, 0.2) is 23.0 Å². The fourth-order valence-corrected chi connectivity index (χ4v) is 1.66. The van der Waals surface area contributed by atoms with Crippen molar-refractivity contribution in [2.75, 3.05) is 0 Å². The standard InChI is InChI=1S/C13H11ClO3/c14-8-9-4-3-6-11(16)13(9)17-12-7-2-1-5-10(12)15/h1-7,15-16H,8H2. The van der Waals surface area contributed by atoms with Crippen LogP contribution in [0.1, 0.15) is 5.56 Å². The lowest BCUT2D eigenvalue weighted by Crippen LogP contribution is -1.90. The monoisotopic (exact) mass is 250 g/mol. The third kappa shape index (κ3) is 2.45. The number of ether oxygens (including phenoxy) is 1. The first-order valence-corrected chi connectivity index (χ1v) is 5.58. The molecule has 0 heterocycles. The summed E-state index contributed by atoms with van der Waals surface area (Å²) in [4.78, 5) is 0. The number of hydrogen-bond donors (Lipinski definition) is 2. The van der Waals surface area contributed by atoms with Crippen molar-refractivity contribution < 1.29 is 14.9 Å². The minimum Gasteiger partial charge on any atom is -0.504 e. The van der Waals surface area contributed by atoms with Gasteiger partial charge < -0.3 is 14.9 Å². The fraction of sp³-hybridized carbons (Fsp3) is 0.0769. The van der Waals surface area contributed by atoms with Crippen LogP contribution in [0.2, 0.25) is 0 Å². The SMILES string of the molecule is Oc1ccccc1Oc1c(O)cccc1CCl. The summed E-state index contributed by atoms with van der Waals surface area (Å²) < 4.78 is 5.48. The van der Waals surface area contributed by atoms with Gasteiger partial charge in [0.25, 0.3) is 0 Å². The van der Waals surface area contributed by atoms with E-state index in [-0.39, 0.29) is 28.9 Å². The molecule has 4 heteroatoms. The topological polar surface area (TPSA) is 49.7 Å². The lowest BCUT2D eigenvalue weighted by molar-refractivity contribution is 0.383. The van der Waals surface area contributed by atoms with Gasteiger partial charge in [-0.15, -0.1) is 11.6 Å². The van der Waals surface area contributed by atoms with E-state index in [0.717, 1.165) is 0 Å². The number of benzene rings is 2. The molecule has 3 nitrogen and oxygen atoms in total. The fourth-order valence-electron chi connectivity index (χ4n) is 1.45. The third-order valence-corrected chi connectivity index (χ3v) is 2.58. The molecule has 0 spiro atoms. The van der Waals surface area contributed by atoms with E-state index in [1.54, 1.807) is 30.3 Å². The maximum absolute atomic E-state index is 9.71. The van der Waals surface area contributed by atoms with Crippen LogP contribution in [-0.4, -0.2) is 10.2 Å². The highest BCUT2D eigenvalue weighted by atomic mass is 35.5. The largest absolute Gasteiger partial charge is 0.504 e. The van der Waals surface area contributed by atoms with Crippen LogP contribution in [0, 0.1) is 0 Å². The predicted octanol–water partition coefficient (Wildman–Crippen LogP) is 3.63. The van der Waals surface area contributed by atoms with Crippen LogP contribution >= 0.6 is 11.6 Å². The predicted molar refractivity (Wildman–Crippen MR) is 65.8 cm³/mol. The highest BCUT2D eigenvalue weighted by Gasteiger charge is 2.11.